The summed E-state index contributed by atoms with van der Waals surface area (Å²) in [5, 5.41) is 3.50. The first-order valence-corrected chi connectivity index (χ1v) is 7.14. The van der Waals surface area contributed by atoms with Gasteiger partial charge >= 0.3 is 0 Å². The standard InChI is InChI=1S/C17H21FN2/c1-2-20-17(10-7-15-4-3-11-19-13-15)12-14-5-8-16(18)9-6-14/h3-6,8-9,11,13,17,20H,2,7,10,12H2,1H3. The summed E-state index contributed by atoms with van der Waals surface area (Å²) in [6, 6.07) is 11.3. The maximum atomic E-state index is 12.9. The van der Waals surface area contributed by atoms with Crippen molar-refractivity contribution in [2.75, 3.05) is 6.54 Å². The third-order valence-corrected chi connectivity index (χ3v) is 3.39. The zero-order chi connectivity index (χ0) is 14.2. The van der Waals surface area contributed by atoms with Crippen molar-refractivity contribution < 1.29 is 4.39 Å². The van der Waals surface area contributed by atoms with E-state index in [1.165, 1.54) is 23.3 Å². The van der Waals surface area contributed by atoms with Crippen LogP contribution in [0.25, 0.3) is 0 Å². The average molecular weight is 272 g/mol. The maximum Gasteiger partial charge on any atom is 0.123 e. The summed E-state index contributed by atoms with van der Waals surface area (Å²) in [6.07, 6.45) is 6.70. The summed E-state index contributed by atoms with van der Waals surface area (Å²) in [6.45, 7) is 3.06. The molecule has 2 nitrogen and oxygen atoms in total. The molecule has 0 amide bonds. The predicted molar refractivity (Wildman–Crippen MR) is 80.1 cm³/mol. The Labute approximate surface area is 120 Å². The zero-order valence-electron chi connectivity index (χ0n) is 11.8. The van der Waals surface area contributed by atoms with Crippen LogP contribution in [-0.2, 0) is 12.8 Å². The molecule has 106 valence electrons. The molecule has 0 radical (unpaired) electrons. The van der Waals surface area contributed by atoms with Gasteiger partial charge in [0.2, 0.25) is 0 Å². The van der Waals surface area contributed by atoms with Gasteiger partial charge in [-0.25, -0.2) is 4.39 Å². The number of hydrogen-bond donors (Lipinski definition) is 1. The highest BCUT2D eigenvalue weighted by Crippen LogP contribution is 2.10. The molecule has 0 saturated carbocycles. The average Bonchev–Trinajstić information content (AvgIpc) is 2.48. The number of aromatic nitrogens is 1. The van der Waals surface area contributed by atoms with E-state index in [2.05, 4.69) is 23.3 Å². The summed E-state index contributed by atoms with van der Waals surface area (Å²) in [4.78, 5) is 4.14. The van der Waals surface area contributed by atoms with Gasteiger partial charge in [-0.15, -0.1) is 0 Å². The number of halogens is 1. The molecule has 1 aromatic heterocycles. The molecule has 1 unspecified atom stereocenters. The van der Waals surface area contributed by atoms with Gasteiger partial charge < -0.3 is 5.32 Å². The Morgan fingerprint density at radius 1 is 1.15 bits per heavy atom. The molecule has 3 heteroatoms. The van der Waals surface area contributed by atoms with Crippen molar-refractivity contribution in [3.05, 3.63) is 65.7 Å². The molecule has 1 atom stereocenters. The van der Waals surface area contributed by atoms with Crippen molar-refractivity contribution in [2.24, 2.45) is 0 Å². The van der Waals surface area contributed by atoms with E-state index >= 15 is 0 Å². The molecule has 0 saturated heterocycles. The van der Waals surface area contributed by atoms with Crippen molar-refractivity contribution >= 4 is 0 Å². The Morgan fingerprint density at radius 3 is 2.60 bits per heavy atom. The lowest BCUT2D eigenvalue weighted by atomic mass is 9.99. The smallest absolute Gasteiger partial charge is 0.123 e. The van der Waals surface area contributed by atoms with Crippen LogP contribution in [0.1, 0.15) is 24.5 Å². The molecular weight excluding hydrogens is 251 g/mol. The molecule has 20 heavy (non-hydrogen) atoms. The second kappa shape index (κ2) is 7.75. The normalized spacial score (nSPS) is 12.3. The summed E-state index contributed by atoms with van der Waals surface area (Å²) in [5.41, 5.74) is 2.43. The van der Waals surface area contributed by atoms with Gasteiger partial charge in [-0.05, 0) is 55.1 Å². The van der Waals surface area contributed by atoms with Gasteiger partial charge in [0.25, 0.3) is 0 Å². The van der Waals surface area contributed by atoms with Gasteiger partial charge in [0.15, 0.2) is 0 Å². The first-order valence-electron chi connectivity index (χ1n) is 7.14. The molecule has 0 aliphatic rings. The Bertz CT molecular complexity index is 496. The van der Waals surface area contributed by atoms with Crippen LogP contribution in [-0.4, -0.2) is 17.6 Å². The molecule has 0 spiro atoms. The van der Waals surface area contributed by atoms with E-state index in [-0.39, 0.29) is 5.82 Å². The van der Waals surface area contributed by atoms with E-state index in [0.717, 1.165) is 25.8 Å². The molecule has 2 rings (SSSR count). The highest BCUT2D eigenvalue weighted by atomic mass is 19.1. The summed E-state index contributed by atoms with van der Waals surface area (Å²) in [7, 11) is 0. The molecule has 2 aromatic rings. The minimum atomic E-state index is -0.177. The fourth-order valence-corrected chi connectivity index (χ4v) is 2.36. The molecule has 0 aliphatic carbocycles. The Hall–Kier alpha value is -1.74. The van der Waals surface area contributed by atoms with Gasteiger partial charge in [-0.2, -0.15) is 0 Å². The monoisotopic (exact) mass is 272 g/mol. The van der Waals surface area contributed by atoms with Crippen molar-refractivity contribution in [3.63, 3.8) is 0 Å². The molecule has 0 bridgehead atoms. The van der Waals surface area contributed by atoms with Crippen LogP contribution in [0, 0.1) is 5.82 Å². The van der Waals surface area contributed by atoms with Crippen LogP contribution in [0.2, 0.25) is 0 Å². The largest absolute Gasteiger partial charge is 0.314 e. The third kappa shape index (κ3) is 4.74. The third-order valence-electron chi connectivity index (χ3n) is 3.39. The Morgan fingerprint density at radius 2 is 1.95 bits per heavy atom. The van der Waals surface area contributed by atoms with Crippen LogP contribution in [0.15, 0.2) is 48.8 Å². The van der Waals surface area contributed by atoms with Gasteiger partial charge in [0, 0.05) is 18.4 Å². The highest BCUT2D eigenvalue weighted by Gasteiger charge is 2.09. The number of rotatable bonds is 7. The first kappa shape index (κ1) is 14.7. The lowest BCUT2D eigenvalue weighted by molar-refractivity contribution is 0.490. The Kier molecular flexibility index (Phi) is 5.69. The number of pyridine rings is 1. The number of aryl methyl sites for hydroxylation is 1. The second-order valence-electron chi connectivity index (χ2n) is 4.99. The SMILES string of the molecule is CCNC(CCc1cccnc1)Cc1ccc(F)cc1. The van der Waals surface area contributed by atoms with Gasteiger partial charge in [0.05, 0.1) is 0 Å². The topological polar surface area (TPSA) is 24.9 Å². The van der Waals surface area contributed by atoms with Crippen LogP contribution in [0.3, 0.4) is 0 Å². The molecule has 1 N–H and O–H groups in total. The number of nitrogens with one attached hydrogen (secondary N) is 1. The predicted octanol–water partition coefficient (Wildman–Crippen LogP) is 3.37. The summed E-state index contributed by atoms with van der Waals surface area (Å²) >= 11 is 0. The lowest BCUT2D eigenvalue weighted by Gasteiger charge is -2.18. The minimum Gasteiger partial charge on any atom is -0.314 e. The van der Waals surface area contributed by atoms with E-state index < -0.39 is 0 Å². The molecule has 1 heterocycles. The molecule has 1 aromatic carbocycles. The van der Waals surface area contributed by atoms with Gasteiger partial charge in [0.1, 0.15) is 5.82 Å². The van der Waals surface area contributed by atoms with E-state index in [4.69, 9.17) is 0 Å². The van der Waals surface area contributed by atoms with Crippen LogP contribution < -0.4 is 5.32 Å². The molecule has 0 aliphatic heterocycles. The number of nitrogens with zero attached hydrogens (tertiary/aromatic N) is 1. The van der Waals surface area contributed by atoms with Crippen LogP contribution in [0.5, 0.6) is 0 Å². The fraction of sp³-hybridized carbons (Fsp3) is 0.353. The van der Waals surface area contributed by atoms with E-state index in [9.17, 15) is 4.39 Å². The van der Waals surface area contributed by atoms with Crippen molar-refractivity contribution in [1.82, 2.24) is 10.3 Å². The van der Waals surface area contributed by atoms with Gasteiger partial charge in [-0.3, -0.25) is 4.98 Å². The molecule has 0 fully saturated rings. The first-order chi connectivity index (χ1) is 9.78. The van der Waals surface area contributed by atoms with Crippen LogP contribution >= 0.6 is 0 Å². The fourth-order valence-electron chi connectivity index (χ4n) is 2.36. The Balaban J connectivity index is 1.91. The quantitative estimate of drug-likeness (QED) is 0.836. The number of hydrogen-bond acceptors (Lipinski definition) is 2. The lowest BCUT2D eigenvalue weighted by Crippen LogP contribution is -2.31. The maximum absolute atomic E-state index is 12.9. The van der Waals surface area contributed by atoms with Crippen molar-refractivity contribution in [2.45, 2.75) is 32.2 Å². The minimum absolute atomic E-state index is 0.177. The summed E-state index contributed by atoms with van der Waals surface area (Å²) < 4.78 is 12.9. The van der Waals surface area contributed by atoms with Crippen LogP contribution in [0.4, 0.5) is 4.39 Å². The van der Waals surface area contributed by atoms with E-state index in [0.29, 0.717) is 6.04 Å². The second-order valence-corrected chi connectivity index (χ2v) is 4.99. The zero-order valence-corrected chi connectivity index (χ0v) is 11.8. The molecular formula is C17H21FN2. The number of benzene rings is 1. The van der Waals surface area contributed by atoms with Gasteiger partial charge in [-0.1, -0.05) is 25.1 Å². The summed E-state index contributed by atoms with van der Waals surface area (Å²) in [5.74, 6) is -0.177. The highest BCUT2D eigenvalue weighted by molar-refractivity contribution is 5.17. The number of likely N-dealkylation sites (N-methyl/N-ethyl adjacent to an activating group) is 1. The van der Waals surface area contributed by atoms with E-state index in [1.807, 2.05) is 24.4 Å². The van der Waals surface area contributed by atoms with Crippen molar-refractivity contribution in [1.29, 1.82) is 0 Å². The van der Waals surface area contributed by atoms with Crippen molar-refractivity contribution in [3.8, 4) is 0 Å². The van der Waals surface area contributed by atoms with E-state index in [1.54, 1.807) is 6.20 Å².